The zero-order valence-corrected chi connectivity index (χ0v) is 15.0. The van der Waals surface area contributed by atoms with Crippen LogP contribution in [0.15, 0.2) is 41.7 Å². The Morgan fingerprint density at radius 1 is 1.27 bits per heavy atom. The zero-order chi connectivity index (χ0) is 18.5. The Kier molecular flexibility index (Phi) is 6.06. The lowest BCUT2D eigenvalue weighted by molar-refractivity contribution is -0.141. The SMILES string of the molecule is CC(C(=O)C1=C(O)C(CCCN2CCOCC2)OC1=O)c1ccccc1. The number of hydrogen-bond donors (Lipinski definition) is 1. The number of carbonyl (C=O) groups excluding carboxylic acids is 2. The lowest BCUT2D eigenvalue weighted by atomic mass is 9.91. The van der Waals surface area contributed by atoms with Crippen molar-refractivity contribution in [2.75, 3.05) is 32.8 Å². The molecule has 0 radical (unpaired) electrons. The molecule has 26 heavy (non-hydrogen) atoms. The van der Waals surface area contributed by atoms with Gasteiger partial charge in [-0.3, -0.25) is 9.69 Å². The molecular formula is C20H25NO5. The van der Waals surface area contributed by atoms with Crippen LogP contribution in [0, 0.1) is 0 Å². The summed E-state index contributed by atoms with van der Waals surface area (Å²) in [4.78, 5) is 27.1. The third kappa shape index (κ3) is 4.14. The second kappa shape index (κ2) is 8.47. The van der Waals surface area contributed by atoms with Crippen molar-refractivity contribution in [2.24, 2.45) is 0 Å². The molecule has 0 aromatic heterocycles. The number of Topliss-reactive ketones (excluding diaryl/α,β-unsaturated/α-hetero) is 1. The smallest absolute Gasteiger partial charge is 0.346 e. The number of nitrogens with zero attached hydrogens (tertiary/aromatic N) is 1. The molecule has 0 aliphatic carbocycles. The van der Waals surface area contributed by atoms with Gasteiger partial charge in [-0.05, 0) is 24.9 Å². The molecule has 3 rings (SSSR count). The van der Waals surface area contributed by atoms with Crippen LogP contribution in [-0.4, -0.2) is 60.7 Å². The van der Waals surface area contributed by atoms with E-state index in [1.165, 1.54) is 0 Å². The van der Waals surface area contributed by atoms with Crippen LogP contribution < -0.4 is 0 Å². The number of aliphatic hydroxyl groups is 1. The van der Waals surface area contributed by atoms with E-state index in [1.54, 1.807) is 6.92 Å². The number of rotatable bonds is 7. The van der Waals surface area contributed by atoms with Crippen LogP contribution >= 0.6 is 0 Å². The number of aliphatic hydroxyl groups excluding tert-OH is 1. The van der Waals surface area contributed by atoms with E-state index in [9.17, 15) is 14.7 Å². The molecule has 2 aliphatic rings. The van der Waals surface area contributed by atoms with Gasteiger partial charge in [-0.25, -0.2) is 4.79 Å². The van der Waals surface area contributed by atoms with E-state index in [0.29, 0.717) is 6.42 Å². The maximum absolute atomic E-state index is 12.7. The fourth-order valence-electron chi connectivity index (χ4n) is 3.37. The van der Waals surface area contributed by atoms with E-state index in [0.717, 1.165) is 44.8 Å². The second-order valence-electron chi connectivity index (χ2n) is 6.75. The summed E-state index contributed by atoms with van der Waals surface area (Å²) in [6.07, 6.45) is 0.564. The molecule has 1 N–H and O–H groups in total. The van der Waals surface area contributed by atoms with Gasteiger partial charge in [-0.15, -0.1) is 0 Å². The van der Waals surface area contributed by atoms with Gasteiger partial charge in [0.25, 0.3) is 0 Å². The van der Waals surface area contributed by atoms with Crippen LogP contribution in [0.2, 0.25) is 0 Å². The van der Waals surface area contributed by atoms with Gasteiger partial charge in [0.05, 0.1) is 13.2 Å². The maximum atomic E-state index is 12.7. The Morgan fingerprint density at radius 2 is 1.96 bits per heavy atom. The Bertz CT molecular complexity index is 679. The molecule has 1 saturated heterocycles. The molecule has 0 saturated carbocycles. The zero-order valence-electron chi connectivity index (χ0n) is 15.0. The first-order chi connectivity index (χ1) is 12.6. The van der Waals surface area contributed by atoms with Gasteiger partial charge in [0.1, 0.15) is 5.57 Å². The minimum Gasteiger partial charge on any atom is -0.507 e. The van der Waals surface area contributed by atoms with Crippen molar-refractivity contribution in [3.63, 3.8) is 0 Å². The highest BCUT2D eigenvalue weighted by atomic mass is 16.6. The van der Waals surface area contributed by atoms with Crippen LogP contribution in [0.5, 0.6) is 0 Å². The molecule has 140 valence electrons. The molecule has 1 fully saturated rings. The van der Waals surface area contributed by atoms with Gasteiger partial charge in [0, 0.05) is 19.0 Å². The fourth-order valence-corrected chi connectivity index (χ4v) is 3.37. The largest absolute Gasteiger partial charge is 0.507 e. The van der Waals surface area contributed by atoms with Gasteiger partial charge < -0.3 is 14.6 Å². The molecule has 0 amide bonds. The Labute approximate surface area is 153 Å². The van der Waals surface area contributed by atoms with Gasteiger partial charge >= 0.3 is 5.97 Å². The quantitative estimate of drug-likeness (QED) is 0.594. The van der Waals surface area contributed by atoms with Crippen LogP contribution in [0.1, 0.15) is 31.2 Å². The summed E-state index contributed by atoms with van der Waals surface area (Å²) in [5.74, 6) is -1.83. The van der Waals surface area contributed by atoms with E-state index < -0.39 is 23.8 Å². The predicted molar refractivity (Wildman–Crippen MR) is 95.9 cm³/mol. The molecule has 0 bridgehead atoms. The summed E-state index contributed by atoms with van der Waals surface area (Å²) >= 11 is 0. The molecule has 6 heteroatoms. The van der Waals surface area contributed by atoms with Crippen molar-refractivity contribution in [2.45, 2.75) is 31.8 Å². The normalized spacial score (nSPS) is 22.3. The van der Waals surface area contributed by atoms with Crippen molar-refractivity contribution >= 4 is 11.8 Å². The number of morpholine rings is 1. The van der Waals surface area contributed by atoms with Gasteiger partial charge in [-0.2, -0.15) is 0 Å². The Hall–Kier alpha value is -2.18. The van der Waals surface area contributed by atoms with E-state index in [2.05, 4.69) is 4.90 Å². The molecular weight excluding hydrogens is 334 g/mol. The summed E-state index contributed by atoms with van der Waals surface area (Å²) in [6, 6.07) is 9.22. The number of carbonyl (C=O) groups is 2. The number of ether oxygens (including phenoxy) is 2. The monoisotopic (exact) mass is 359 g/mol. The third-order valence-electron chi connectivity index (χ3n) is 5.00. The van der Waals surface area contributed by atoms with E-state index in [4.69, 9.17) is 9.47 Å². The summed E-state index contributed by atoms with van der Waals surface area (Å²) < 4.78 is 10.6. The first kappa shape index (κ1) is 18.6. The average molecular weight is 359 g/mol. The van der Waals surface area contributed by atoms with Crippen molar-refractivity contribution in [3.05, 3.63) is 47.2 Å². The van der Waals surface area contributed by atoms with E-state index in [-0.39, 0.29) is 11.3 Å². The topological polar surface area (TPSA) is 76.1 Å². The molecule has 1 aromatic carbocycles. The standard InChI is InChI=1S/C20H25NO5/c1-14(15-6-3-2-4-7-15)18(22)17-19(23)16(26-20(17)24)8-5-9-21-10-12-25-13-11-21/h2-4,6-7,14,16,23H,5,8-13H2,1H3. The molecule has 1 aromatic rings. The summed E-state index contributed by atoms with van der Waals surface area (Å²) in [6.45, 7) is 5.85. The predicted octanol–water partition coefficient (Wildman–Crippen LogP) is 2.21. The second-order valence-corrected chi connectivity index (χ2v) is 6.75. The number of cyclic esters (lactones) is 1. The lowest BCUT2D eigenvalue weighted by Gasteiger charge is -2.26. The highest BCUT2D eigenvalue weighted by molar-refractivity contribution is 6.21. The minimum atomic E-state index is -0.717. The highest BCUT2D eigenvalue weighted by Crippen LogP contribution is 2.29. The first-order valence-electron chi connectivity index (χ1n) is 9.11. The van der Waals surface area contributed by atoms with Crippen molar-refractivity contribution in [3.8, 4) is 0 Å². The number of ketones is 1. The van der Waals surface area contributed by atoms with E-state index >= 15 is 0 Å². The third-order valence-corrected chi connectivity index (χ3v) is 5.00. The Morgan fingerprint density at radius 3 is 2.65 bits per heavy atom. The fraction of sp³-hybridized carbons (Fsp3) is 0.500. The summed E-state index contributed by atoms with van der Waals surface area (Å²) in [5.41, 5.74) is 0.610. The Balaban J connectivity index is 1.61. The number of hydrogen-bond acceptors (Lipinski definition) is 6. The van der Waals surface area contributed by atoms with E-state index in [1.807, 2.05) is 30.3 Å². The number of esters is 1. The van der Waals surface area contributed by atoms with Crippen LogP contribution in [0.25, 0.3) is 0 Å². The molecule has 2 atom stereocenters. The van der Waals surface area contributed by atoms with Crippen LogP contribution in [-0.2, 0) is 19.1 Å². The average Bonchev–Trinajstić information content (AvgIpc) is 2.95. The molecule has 2 unspecified atom stereocenters. The molecule has 0 spiro atoms. The summed E-state index contributed by atoms with van der Waals surface area (Å²) in [7, 11) is 0. The molecule has 2 aliphatic heterocycles. The summed E-state index contributed by atoms with van der Waals surface area (Å²) in [5, 5.41) is 10.4. The van der Waals surface area contributed by atoms with Crippen molar-refractivity contribution in [1.29, 1.82) is 0 Å². The highest BCUT2D eigenvalue weighted by Gasteiger charge is 2.39. The van der Waals surface area contributed by atoms with Gasteiger partial charge in [0.15, 0.2) is 17.6 Å². The lowest BCUT2D eigenvalue weighted by Crippen LogP contribution is -2.37. The van der Waals surface area contributed by atoms with Crippen LogP contribution in [0.4, 0.5) is 0 Å². The molecule has 6 nitrogen and oxygen atoms in total. The minimum absolute atomic E-state index is 0.197. The molecule has 2 heterocycles. The first-order valence-corrected chi connectivity index (χ1v) is 9.11. The van der Waals surface area contributed by atoms with Crippen molar-refractivity contribution in [1.82, 2.24) is 4.90 Å². The van der Waals surface area contributed by atoms with Crippen molar-refractivity contribution < 1.29 is 24.2 Å². The van der Waals surface area contributed by atoms with Gasteiger partial charge in [0.2, 0.25) is 0 Å². The van der Waals surface area contributed by atoms with Crippen LogP contribution in [0.3, 0.4) is 0 Å². The van der Waals surface area contributed by atoms with Gasteiger partial charge in [-0.1, -0.05) is 37.3 Å². The number of benzene rings is 1. The maximum Gasteiger partial charge on any atom is 0.346 e.